The van der Waals surface area contributed by atoms with Crippen LogP contribution >= 0.6 is 11.8 Å². The molecule has 0 saturated carbocycles. The lowest BCUT2D eigenvalue weighted by atomic mass is 10.1. The molecule has 2 rings (SSSR count). The molecule has 104 valence electrons. The molecule has 20 heavy (non-hydrogen) atoms. The van der Waals surface area contributed by atoms with Crippen molar-refractivity contribution in [2.45, 2.75) is 0 Å². The van der Waals surface area contributed by atoms with Crippen LogP contribution in [0.15, 0.2) is 22.0 Å². The average molecular weight is 295 g/mol. The van der Waals surface area contributed by atoms with Gasteiger partial charge in [-0.25, -0.2) is 0 Å². The Bertz CT molecular complexity index is 668. The molecule has 0 fully saturated rings. The topological polar surface area (TPSA) is 128 Å². The van der Waals surface area contributed by atoms with Crippen molar-refractivity contribution in [1.29, 1.82) is 0 Å². The number of methoxy groups -OCH3 is 1. The first-order valence-corrected chi connectivity index (χ1v) is 6.07. The van der Waals surface area contributed by atoms with E-state index in [0.717, 1.165) is 23.9 Å². The first kappa shape index (κ1) is 13.9. The molecule has 0 saturated heterocycles. The largest absolute Gasteiger partial charge is 0.504 e. The van der Waals surface area contributed by atoms with Gasteiger partial charge in [0.15, 0.2) is 16.7 Å². The van der Waals surface area contributed by atoms with Crippen molar-refractivity contribution in [2.24, 2.45) is 10.7 Å². The molecule has 1 aliphatic rings. The second-order valence-electron chi connectivity index (χ2n) is 3.71. The van der Waals surface area contributed by atoms with E-state index in [1.165, 1.54) is 13.2 Å². The summed E-state index contributed by atoms with van der Waals surface area (Å²) in [4.78, 5) is 25.3. The Kier molecular flexibility index (Phi) is 3.61. The molecule has 1 aromatic carbocycles. The minimum Gasteiger partial charge on any atom is -0.504 e. The molecule has 0 aromatic heterocycles. The van der Waals surface area contributed by atoms with E-state index in [4.69, 9.17) is 10.5 Å². The molecule has 3 N–H and O–H groups in total. The number of nitrogens with two attached hydrogens (primary N) is 1. The average Bonchev–Trinajstić information content (AvgIpc) is 2.70. The summed E-state index contributed by atoms with van der Waals surface area (Å²) in [5.41, 5.74) is 5.21. The summed E-state index contributed by atoms with van der Waals surface area (Å²) in [5, 5.41) is 20.8. The Morgan fingerprint density at radius 3 is 2.75 bits per heavy atom. The molecule has 0 bridgehead atoms. The molecule has 0 aliphatic carbocycles. The minimum atomic E-state index is -0.627. The highest BCUT2D eigenvalue weighted by atomic mass is 32.2. The van der Waals surface area contributed by atoms with Crippen LogP contribution in [-0.2, 0) is 4.79 Å². The number of aliphatic imine (C=N–C) groups is 1. The number of thioether (sulfide) groups is 1. The minimum absolute atomic E-state index is 0.0598. The highest BCUT2D eigenvalue weighted by Gasteiger charge is 2.22. The lowest BCUT2D eigenvalue weighted by molar-refractivity contribution is -0.385. The third-order valence-electron chi connectivity index (χ3n) is 2.44. The Morgan fingerprint density at radius 1 is 1.55 bits per heavy atom. The zero-order valence-electron chi connectivity index (χ0n) is 10.2. The number of nitro benzene ring substituents is 1. The van der Waals surface area contributed by atoms with Crippen LogP contribution in [-0.4, -0.2) is 28.2 Å². The number of non-ortho nitro benzene ring substituents is 1. The molecular weight excluding hydrogens is 286 g/mol. The summed E-state index contributed by atoms with van der Waals surface area (Å²) in [5.74, 6) is -0.919. The van der Waals surface area contributed by atoms with Crippen LogP contribution in [0.5, 0.6) is 11.5 Å². The van der Waals surface area contributed by atoms with E-state index in [1.807, 2.05) is 0 Å². The number of amidine groups is 1. The van der Waals surface area contributed by atoms with Crippen LogP contribution in [0.4, 0.5) is 5.69 Å². The van der Waals surface area contributed by atoms with Crippen molar-refractivity contribution in [2.75, 3.05) is 7.11 Å². The van der Waals surface area contributed by atoms with Crippen LogP contribution in [0.3, 0.4) is 0 Å². The number of benzene rings is 1. The number of nitro groups is 1. The van der Waals surface area contributed by atoms with Gasteiger partial charge in [-0.1, -0.05) is 0 Å². The first-order chi connectivity index (χ1) is 9.42. The molecule has 1 amide bonds. The predicted molar refractivity (Wildman–Crippen MR) is 73.5 cm³/mol. The smallest absolute Gasteiger partial charge is 0.286 e. The Balaban J connectivity index is 2.51. The zero-order chi connectivity index (χ0) is 14.9. The van der Waals surface area contributed by atoms with Gasteiger partial charge in [0.25, 0.3) is 11.6 Å². The number of carbonyl (C=O) groups excluding carboxylic acids is 1. The summed E-state index contributed by atoms with van der Waals surface area (Å²) in [6, 6.07) is 2.22. The number of hydrogen-bond donors (Lipinski definition) is 2. The number of phenols is 1. The van der Waals surface area contributed by atoms with Gasteiger partial charge in [-0.2, -0.15) is 4.99 Å². The van der Waals surface area contributed by atoms with Crippen molar-refractivity contribution in [3.63, 3.8) is 0 Å². The first-order valence-electron chi connectivity index (χ1n) is 5.26. The van der Waals surface area contributed by atoms with Gasteiger partial charge in [-0.15, -0.1) is 0 Å². The van der Waals surface area contributed by atoms with Crippen LogP contribution < -0.4 is 10.5 Å². The van der Waals surface area contributed by atoms with E-state index >= 15 is 0 Å². The Morgan fingerprint density at radius 2 is 2.25 bits per heavy atom. The van der Waals surface area contributed by atoms with Crippen molar-refractivity contribution in [3.8, 4) is 11.5 Å². The summed E-state index contributed by atoms with van der Waals surface area (Å²) < 4.78 is 4.86. The van der Waals surface area contributed by atoms with Crippen LogP contribution in [0.2, 0.25) is 0 Å². The van der Waals surface area contributed by atoms with E-state index in [1.54, 1.807) is 0 Å². The highest BCUT2D eigenvalue weighted by Crippen LogP contribution is 2.37. The van der Waals surface area contributed by atoms with Crippen molar-refractivity contribution in [1.82, 2.24) is 0 Å². The molecule has 1 aromatic rings. The monoisotopic (exact) mass is 295 g/mol. The lowest BCUT2D eigenvalue weighted by Crippen LogP contribution is -2.01. The number of amides is 1. The molecule has 0 unspecified atom stereocenters. The summed E-state index contributed by atoms with van der Waals surface area (Å²) >= 11 is 0.922. The van der Waals surface area contributed by atoms with E-state index in [2.05, 4.69) is 4.99 Å². The summed E-state index contributed by atoms with van der Waals surface area (Å²) in [7, 11) is 1.27. The maximum atomic E-state index is 11.5. The third kappa shape index (κ3) is 2.57. The number of ether oxygens (including phenoxy) is 1. The van der Waals surface area contributed by atoms with E-state index in [0.29, 0.717) is 0 Å². The van der Waals surface area contributed by atoms with Gasteiger partial charge in [0.2, 0.25) is 0 Å². The number of phenolic OH excluding ortho intramolecular Hbond substituents is 1. The van der Waals surface area contributed by atoms with Crippen molar-refractivity contribution >= 4 is 34.6 Å². The number of aromatic hydroxyl groups is 1. The number of carbonyl (C=O) groups is 1. The van der Waals surface area contributed by atoms with E-state index < -0.39 is 10.8 Å². The fourth-order valence-electron chi connectivity index (χ4n) is 1.55. The second kappa shape index (κ2) is 5.21. The lowest BCUT2D eigenvalue weighted by Gasteiger charge is -2.06. The van der Waals surface area contributed by atoms with Crippen LogP contribution in [0, 0.1) is 10.1 Å². The fourth-order valence-corrected chi connectivity index (χ4v) is 2.22. The van der Waals surface area contributed by atoms with Crippen LogP contribution in [0.1, 0.15) is 5.56 Å². The SMILES string of the molecule is COc1cc([N+](=O)[O-])cc(C=C2SC(N)=NC2=O)c1O. The standard InChI is InChI=1S/C11H9N3O5S/c1-19-7-4-6(14(17)18)2-5(9(7)15)3-8-10(16)13-11(12)20-8/h2-4,15H,1H3,(H2,12,13,16). The van der Waals surface area contributed by atoms with Crippen molar-refractivity contribution in [3.05, 3.63) is 32.7 Å². The van der Waals surface area contributed by atoms with Gasteiger partial charge >= 0.3 is 0 Å². The normalized spacial score (nSPS) is 16.4. The molecule has 0 radical (unpaired) electrons. The Labute approximate surface area is 117 Å². The molecule has 0 atom stereocenters. The molecule has 1 aliphatic heterocycles. The van der Waals surface area contributed by atoms with Crippen LogP contribution in [0.25, 0.3) is 6.08 Å². The number of rotatable bonds is 3. The predicted octanol–water partition coefficient (Wildman–Crippen LogP) is 1.24. The van der Waals surface area contributed by atoms with E-state index in [9.17, 15) is 20.0 Å². The van der Waals surface area contributed by atoms with Gasteiger partial charge in [-0.3, -0.25) is 14.9 Å². The van der Waals surface area contributed by atoms with Gasteiger partial charge < -0.3 is 15.6 Å². The van der Waals surface area contributed by atoms with Gasteiger partial charge in [0.05, 0.1) is 23.0 Å². The van der Waals surface area contributed by atoms with Gasteiger partial charge in [0.1, 0.15) is 0 Å². The maximum Gasteiger partial charge on any atom is 0.286 e. The second-order valence-corrected chi connectivity index (χ2v) is 4.77. The summed E-state index contributed by atoms with van der Waals surface area (Å²) in [6.07, 6.45) is 1.28. The summed E-state index contributed by atoms with van der Waals surface area (Å²) in [6.45, 7) is 0. The highest BCUT2D eigenvalue weighted by molar-refractivity contribution is 8.18. The number of nitrogens with zero attached hydrogens (tertiary/aromatic N) is 2. The number of hydrogen-bond acceptors (Lipinski definition) is 7. The molecule has 1 heterocycles. The van der Waals surface area contributed by atoms with Gasteiger partial charge in [-0.05, 0) is 17.8 Å². The molecule has 8 nitrogen and oxygen atoms in total. The fraction of sp³-hybridized carbons (Fsp3) is 0.0909. The van der Waals surface area contributed by atoms with E-state index in [-0.39, 0.29) is 32.8 Å². The third-order valence-corrected chi connectivity index (χ3v) is 3.26. The van der Waals surface area contributed by atoms with Crippen molar-refractivity contribution < 1.29 is 19.6 Å². The molecular formula is C11H9N3O5S. The quantitative estimate of drug-likeness (QED) is 0.487. The zero-order valence-corrected chi connectivity index (χ0v) is 11.0. The Hall–Kier alpha value is -2.55. The molecule has 9 heteroatoms. The van der Waals surface area contributed by atoms with Gasteiger partial charge in [0, 0.05) is 11.6 Å². The molecule has 0 spiro atoms. The maximum absolute atomic E-state index is 11.5.